The summed E-state index contributed by atoms with van der Waals surface area (Å²) in [6.07, 6.45) is 2.33. The van der Waals surface area contributed by atoms with E-state index in [2.05, 4.69) is 22.2 Å². The normalized spacial score (nSPS) is 18.2. The molecule has 0 atom stereocenters. The van der Waals surface area contributed by atoms with Gasteiger partial charge in [0.2, 0.25) is 0 Å². The van der Waals surface area contributed by atoms with E-state index in [1.165, 1.54) is 0 Å². The molecule has 0 unspecified atom stereocenters. The predicted octanol–water partition coefficient (Wildman–Crippen LogP) is 1.59. The summed E-state index contributed by atoms with van der Waals surface area (Å²) < 4.78 is 0. The highest BCUT2D eigenvalue weighted by molar-refractivity contribution is 7.12. The molecule has 2 heterocycles. The Hall–Kier alpha value is -1.14. The van der Waals surface area contributed by atoms with Gasteiger partial charge < -0.3 is 15.3 Å². The Morgan fingerprint density at radius 3 is 3.00 bits per heavy atom. The number of piperidine rings is 1. The summed E-state index contributed by atoms with van der Waals surface area (Å²) in [5.41, 5.74) is 1.57. The van der Waals surface area contributed by atoms with Crippen LogP contribution in [0.2, 0.25) is 0 Å². The molecule has 2 N–H and O–H groups in total. The van der Waals surface area contributed by atoms with Crippen molar-refractivity contribution in [3.63, 3.8) is 0 Å². The zero-order chi connectivity index (χ0) is 12.3. The van der Waals surface area contributed by atoms with Crippen LogP contribution in [0, 0.1) is 5.92 Å². The second-order valence-electron chi connectivity index (χ2n) is 4.46. The maximum absolute atomic E-state index is 10.9. The smallest absolute Gasteiger partial charge is 0.349 e. The summed E-state index contributed by atoms with van der Waals surface area (Å²) in [6, 6.07) is 0. The first-order valence-corrected chi connectivity index (χ1v) is 6.64. The number of likely N-dealkylation sites (tertiary alicyclic amines) is 1. The van der Waals surface area contributed by atoms with Gasteiger partial charge in [-0.3, -0.25) is 0 Å². The molecule has 0 aliphatic carbocycles. The molecule has 5 nitrogen and oxygen atoms in total. The Balaban J connectivity index is 1.85. The van der Waals surface area contributed by atoms with Crippen molar-refractivity contribution >= 4 is 23.1 Å². The van der Waals surface area contributed by atoms with E-state index in [4.69, 9.17) is 5.11 Å². The van der Waals surface area contributed by atoms with E-state index >= 15 is 0 Å². The molecule has 17 heavy (non-hydrogen) atoms. The van der Waals surface area contributed by atoms with Crippen molar-refractivity contribution < 1.29 is 9.90 Å². The van der Waals surface area contributed by atoms with Crippen LogP contribution in [0.15, 0.2) is 5.51 Å². The van der Waals surface area contributed by atoms with E-state index in [9.17, 15) is 4.79 Å². The number of hydrogen-bond donors (Lipinski definition) is 2. The van der Waals surface area contributed by atoms with Crippen LogP contribution in [0.1, 0.15) is 22.5 Å². The van der Waals surface area contributed by atoms with Crippen molar-refractivity contribution in [2.45, 2.75) is 12.8 Å². The van der Waals surface area contributed by atoms with Crippen LogP contribution in [0.5, 0.6) is 0 Å². The molecule has 0 saturated carbocycles. The summed E-state index contributed by atoms with van der Waals surface area (Å²) in [6.45, 7) is 3.06. The molecule has 6 heteroatoms. The number of nitrogens with zero attached hydrogens (tertiary/aromatic N) is 2. The molecule has 1 saturated heterocycles. The van der Waals surface area contributed by atoms with Crippen LogP contribution in [0.3, 0.4) is 0 Å². The lowest BCUT2D eigenvalue weighted by Crippen LogP contribution is -2.33. The number of rotatable bonds is 4. The van der Waals surface area contributed by atoms with E-state index in [1.54, 1.807) is 5.51 Å². The Kier molecular flexibility index (Phi) is 3.96. The van der Waals surface area contributed by atoms with Gasteiger partial charge in [0.05, 0.1) is 5.51 Å². The standard InChI is InChI=1S/C11H17N3O2S/c1-14-4-2-8(3-5-14)6-12-10-9(11(15)16)17-7-13-10/h7-8,12H,2-6H2,1H3,(H,15,16). The van der Waals surface area contributed by atoms with Gasteiger partial charge >= 0.3 is 5.97 Å². The number of nitrogens with one attached hydrogen (secondary N) is 1. The maximum Gasteiger partial charge on any atom is 0.349 e. The number of carbonyl (C=O) groups is 1. The number of carboxylic acid groups (broad SMARTS) is 1. The molecule has 2 rings (SSSR count). The first-order chi connectivity index (χ1) is 8.16. The minimum atomic E-state index is -0.904. The van der Waals surface area contributed by atoms with Crippen LogP contribution >= 0.6 is 11.3 Å². The molecule has 1 aromatic rings. The van der Waals surface area contributed by atoms with Gasteiger partial charge in [-0.2, -0.15) is 0 Å². The average Bonchev–Trinajstić information content (AvgIpc) is 2.76. The minimum Gasteiger partial charge on any atom is -0.477 e. The molecule has 0 bridgehead atoms. The number of anilines is 1. The zero-order valence-corrected chi connectivity index (χ0v) is 10.7. The lowest BCUT2D eigenvalue weighted by molar-refractivity contribution is 0.0703. The molecule has 1 fully saturated rings. The largest absolute Gasteiger partial charge is 0.477 e. The summed E-state index contributed by atoms with van der Waals surface area (Å²) in [4.78, 5) is 17.6. The molecule has 0 spiro atoms. The summed E-state index contributed by atoms with van der Waals surface area (Å²) >= 11 is 1.16. The molecule has 1 aliphatic rings. The molecule has 1 aromatic heterocycles. The lowest BCUT2D eigenvalue weighted by atomic mass is 9.97. The molecular weight excluding hydrogens is 238 g/mol. The number of hydrogen-bond acceptors (Lipinski definition) is 5. The van der Waals surface area contributed by atoms with E-state index < -0.39 is 5.97 Å². The first-order valence-electron chi connectivity index (χ1n) is 5.76. The highest BCUT2D eigenvalue weighted by Gasteiger charge is 2.18. The summed E-state index contributed by atoms with van der Waals surface area (Å²) in [5.74, 6) is 0.231. The van der Waals surface area contributed by atoms with Gasteiger partial charge in [-0.1, -0.05) is 0 Å². The van der Waals surface area contributed by atoms with Crippen LogP contribution < -0.4 is 5.32 Å². The second-order valence-corrected chi connectivity index (χ2v) is 5.32. The van der Waals surface area contributed by atoms with Gasteiger partial charge in [-0.25, -0.2) is 9.78 Å². The second kappa shape index (κ2) is 5.46. The highest BCUT2D eigenvalue weighted by atomic mass is 32.1. The van der Waals surface area contributed by atoms with Crippen LogP contribution in [-0.2, 0) is 0 Å². The molecule has 0 radical (unpaired) electrons. The lowest BCUT2D eigenvalue weighted by Gasteiger charge is -2.28. The van der Waals surface area contributed by atoms with Gasteiger partial charge in [0.1, 0.15) is 0 Å². The van der Waals surface area contributed by atoms with Gasteiger partial charge in [0.15, 0.2) is 10.7 Å². The first kappa shape index (κ1) is 12.3. The molecule has 94 valence electrons. The summed E-state index contributed by atoms with van der Waals surface area (Å²) in [5, 5.41) is 12.1. The Bertz CT molecular complexity index is 386. The SMILES string of the molecule is CN1CCC(CNc2ncsc2C(=O)O)CC1. The highest BCUT2D eigenvalue weighted by Crippen LogP contribution is 2.21. The predicted molar refractivity (Wildman–Crippen MR) is 67.8 cm³/mol. The van der Waals surface area contributed by atoms with Crippen LogP contribution in [0.4, 0.5) is 5.82 Å². The summed E-state index contributed by atoms with van der Waals surface area (Å²) in [7, 11) is 2.13. The van der Waals surface area contributed by atoms with Crippen LogP contribution in [-0.4, -0.2) is 47.6 Å². The Labute approximate surface area is 104 Å². The number of carboxylic acids is 1. The van der Waals surface area contributed by atoms with Crippen molar-refractivity contribution in [3.05, 3.63) is 10.4 Å². The molecule has 0 amide bonds. The van der Waals surface area contributed by atoms with Gasteiger partial charge in [0, 0.05) is 6.54 Å². The third-order valence-electron chi connectivity index (χ3n) is 3.16. The van der Waals surface area contributed by atoms with E-state index in [0.29, 0.717) is 16.6 Å². The fraction of sp³-hybridized carbons (Fsp3) is 0.636. The third kappa shape index (κ3) is 3.17. The maximum atomic E-state index is 10.9. The van der Waals surface area contributed by atoms with E-state index in [1.807, 2.05) is 0 Å². The van der Waals surface area contributed by atoms with Crippen LogP contribution in [0.25, 0.3) is 0 Å². The average molecular weight is 255 g/mol. The van der Waals surface area contributed by atoms with Crippen molar-refractivity contribution in [2.24, 2.45) is 5.92 Å². The number of thiazole rings is 1. The fourth-order valence-corrected chi connectivity index (χ4v) is 2.63. The number of aromatic nitrogens is 1. The third-order valence-corrected chi connectivity index (χ3v) is 3.97. The van der Waals surface area contributed by atoms with Crippen molar-refractivity contribution in [1.82, 2.24) is 9.88 Å². The van der Waals surface area contributed by atoms with E-state index in [-0.39, 0.29) is 0 Å². The zero-order valence-electron chi connectivity index (χ0n) is 9.85. The quantitative estimate of drug-likeness (QED) is 0.855. The minimum absolute atomic E-state index is 0.304. The van der Waals surface area contributed by atoms with Crippen molar-refractivity contribution in [2.75, 3.05) is 32.0 Å². The van der Waals surface area contributed by atoms with Gasteiger partial charge in [0.25, 0.3) is 0 Å². The van der Waals surface area contributed by atoms with E-state index in [0.717, 1.165) is 43.8 Å². The molecular formula is C11H17N3O2S. The van der Waals surface area contributed by atoms with Crippen molar-refractivity contribution in [1.29, 1.82) is 0 Å². The molecule has 1 aliphatic heterocycles. The fourth-order valence-electron chi connectivity index (χ4n) is 2.03. The Morgan fingerprint density at radius 2 is 2.35 bits per heavy atom. The molecule has 0 aromatic carbocycles. The van der Waals surface area contributed by atoms with Gasteiger partial charge in [-0.05, 0) is 38.9 Å². The number of aromatic carboxylic acids is 1. The monoisotopic (exact) mass is 255 g/mol. The topological polar surface area (TPSA) is 65.5 Å². The van der Waals surface area contributed by atoms with Gasteiger partial charge in [-0.15, -0.1) is 11.3 Å². The van der Waals surface area contributed by atoms with Crippen molar-refractivity contribution in [3.8, 4) is 0 Å². The Morgan fingerprint density at radius 1 is 1.65 bits per heavy atom.